The number of anilines is 1. The van der Waals surface area contributed by atoms with Crippen molar-refractivity contribution in [2.75, 3.05) is 4.90 Å². The third kappa shape index (κ3) is 2.39. The SMILES string of the molecule is O=C1NC2C(Cc3ccccc3)c3ccccc3CN2c2ccccc21. The first-order chi connectivity index (χ1) is 12.8. The molecule has 0 spiro atoms. The molecule has 0 aliphatic carbocycles. The lowest BCUT2D eigenvalue weighted by atomic mass is 9.81. The molecule has 0 bridgehead atoms. The van der Waals surface area contributed by atoms with Gasteiger partial charge < -0.3 is 10.2 Å². The monoisotopic (exact) mass is 340 g/mol. The molecule has 26 heavy (non-hydrogen) atoms. The van der Waals surface area contributed by atoms with E-state index in [-0.39, 0.29) is 18.0 Å². The summed E-state index contributed by atoms with van der Waals surface area (Å²) >= 11 is 0. The Balaban J connectivity index is 1.62. The number of amides is 1. The molecule has 2 aliphatic rings. The van der Waals surface area contributed by atoms with Gasteiger partial charge in [0, 0.05) is 12.5 Å². The first kappa shape index (κ1) is 15.2. The Morgan fingerprint density at radius 1 is 0.885 bits per heavy atom. The van der Waals surface area contributed by atoms with E-state index in [4.69, 9.17) is 0 Å². The van der Waals surface area contributed by atoms with Crippen LogP contribution in [-0.4, -0.2) is 12.1 Å². The fraction of sp³-hybridized carbons (Fsp3) is 0.174. The number of para-hydroxylation sites is 1. The molecule has 3 aromatic rings. The fourth-order valence-electron chi connectivity index (χ4n) is 4.34. The molecule has 0 saturated heterocycles. The predicted molar refractivity (Wildman–Crippen MR) is 103 cm³/mol. The van der Waals surface area contributed by atoms with Crippen LogP contribution < -0.4 is 10.2 Å². The van der Waals surface area contributed by atoms with E-state index in [1.54, 1.807) is 0 Å². The largest absolute Gasteiger partial charge is 0.346 e. The number of benzene rings is 3. The first-order valence-corrected chi connectivity index (χ1v) is 9.09. The molecule has 3 aromatic carbocycles. The minimum absolute atomic E-state index is 0.0208. The minimum Gasteiger partial charge on any atom is -0.346 e. The Morgan fingerprint density at radius 3 is 2.50 bits per heavy atom. The lowest BCUT2D eigenvalue weighted by Crippen LogP contribution is -2.57. The maximum absolute atomic E-state index is 12.7. The van der Waals surface area contributed by atoms with E-state index >= 15 is 0 Å². The Kier molecular flexibility index (Phi) is 3.52. The second kappa shape index (κ2) is 6.03. The van der Waals surface area contributed by atoms with Crippen molar-refractivity contribution in [3.8, 4) is 0 Å². The van der Waals surface area contributed by atoms with E-state index < -0.39 is 0 Å². The highest BCUT2D eigenvalue weighted by Gasteiger charge is 2.40. The summed E-state index contributed by atoms with van der Waals surface area (Å²) in [7, 11) is 0. The number of nitrogens with zero attached hydrogens (tertiary/aromatic N) is 1. The molecule has 0 fully saturated rings. The van der Waals surface area contributed by atoms with Crippen LogP contribution >= 0.6 is 0 Å². The normalized spacial score (nSPS) is 20.6. The van der Waals surface area contributed by atoms with Gasteiger partial charge in [-0.25, -0.2) is 0 Å². The molecule has 2 atom stereocenters. The van der Waals surface area contributed by atoms with Crippen LogP contribution in [0.2, 0.25) is 0 Å². The van der Waals surface area contributed by atoms with Gasteiger partial charge in [-0.05, 0) is 35.2 Å². The van der Waals surface area contributed by atoms with E-state index in [0.717, 1.165) is 24.2 Å². The van der Waals surface area contributed by atoms with Crippen molar-refractivity contribution in [3.63, 3.8) is 0 Å². The summed E-state index contributed by atoms with van der Waals surface area (Å²) in [5.74, 6) is 0.249. The van der Waals surface area contributed by atoms with Crippen LogP contribution in [0.15, 0.2) is 78.9 Å². The maximum atomic E-state index is 12.7. The number of carbonyl (C=O) groups excluding carboxylic acids is 1. The first-order valence-electron chi connectivity index (χ1n) is 9.09. The average Bonchev–Trinajstić information content (AvgIpc) is 2.70. The van der Waals surface area contributed by atoms with Crippen molar-refractivity contribution in [1.29, 1.82) is 0 Å². The Morgan fingerprint density at radius 2 is 1.62 bits per heavy atom. The van der Waals surface area contributed by atoms with E-state index in [1.807, 2.05) is 24.3 Å². The molecule has 128 valence electrons. The topological polar surface area (TPSA) is 32.3 Å². The molecule has 2 unspecified atom stereocenters. The molecule has 1 N–H and O–H groups in total. The van der Waals surface area contributed by atoms with Crippen LogP contribution in [0.4, 0.5) is 5.69 Å². The van der Waals surface area contributed by atoms with Gasteiger partial charge in [-0.1, -0.05) is 66.7 Å². The zero-order valence-electron chi connectivity index (χ0n) is 14.4. The highest BCUT2D eigenvalue weighted by atomic mass is 16.2. The molecule has 3 heteroatoms. The number of hydrogen-bond donors (Lipinski definition) is 1. The zero-order valence-corrected chi connectivity index (χ0v) is 14.4. The second-order valence-electron chi connectivity index (χ2n) is 7.06. The van der Waals surface area contributed by atoms with Crippen molar-refractivity contribution in [3.05, 3.63) is 101 Å². The Labute approximate surface area is 153 Å². The predicted octanol–water partition coefficient (Wildman–Crippen LogP) is 4.10. The Hall–Kier alpha value is -3.07. The molecule has 1 amide bonds. The van der Waals surface area contributed by atoms with Crippen LogP contribution in [0.1, 0.15) is 33.0 Å². The van der Waals surface area contributed by atoms with Gasteiger partial charge in [-0.15, -0.1) is 0 Å². The van der Waals surface area contributed by atoms with Crippen LogP contribution in [0.25, 0.3) is 0 Å². The van der Waals surface area contributed by atoms with Gasteiger partial charge in [0.15, 0.2) is 0 Å². The third-order valence-corrected chi connectivity index (χ3v) is 5.55. The van der Waals surface area contributed by atoms with Crippen LogP contribution in [0.3, 0.4) is 0 Å². The number of carbonyl (C=O) groups is 1. The summed E-state index contributed by atoms with van der Waals surface area (Å²) in [6, 6.07) is 27.1. The van der Waals surface area contributed by atoms with Gasteiger partial charge in [0.2, 0.25) is 0 Å². The molecule has 0 radical (unpaired) electrons. The lowest BCUT2D eigenvalue weighted by molar-refractivity contribution is 0.0916. The van der Waals surface area contributed by atoms with Crippen LogP contribution in [0, 0.1) is 0 Å². The summed E-state index contributed by atoms with van der Waals surface area (Å²) in [6.07, 6.45) is 0.883. The van der Waals surface area contributed by atoms with Gasteiger partial charge in [-0.3, -0.25) is 4.79 Å². The molecular weight excluding hydrogens is 320 g/mol. The van der Waals surface area contributed by atoms with Gasteiger partial charge in [0.05, 0.1) is 11.3 Å². The molecule has 0 saturated carbocycles. The van der Waals surface area contributed by atoms with Crippen molar-refractivity contribution in [2.24, 2.45) is 0 Å². The molecule has 3 nitrogen and oxygen atoms in total. The standard InChI is InChI=1S/C23H20N2O/c26-23-19-12-6-7-13-21(19)25-15-17-10-4-5-11-18(17)20(22(25)24-23)14-16-8-2-1-3-9-16/h1-13,20,22H,14-15H2,(H,24,26). The van der Waals surface area contributed by atoms with E-state index in [1.165, 1.54) is 16.7 Å². The smallest absolute Gasteiger partial charge is 0.254 e. The zero-order chi connectivity index (χ0) is 17.5. The fourth-order valence-corrected chi connectivity index (χ4v) is 4.34. The van der Waals surface area contributed by atoms with Gasteiger partial charge >= 0.3 is 0 Å². The van der Waals surface area contributed by atoms with E-state index in [2.05, 4.69) is 64.8 Å². The highest BCUT2D eigenvalue weighted by Crippen LogP contribution is 2.40. The van der Waals surface area contributed by atoms with E-state index in [9.17, 15) is 4.79 Å². The number of nitrogens with one attached hydrogen (secondary N) is 1. The van der Waals surface area contributed by atoms with Crippen LogP contribution in [-0.2, 0) is 13.0 Å². The van der Waals surface area contributed by atoms with Gasteiger partial charge in [0.1, 0.15) is 6.17 Å². The molecular formula is C23H20N2O. The van der Waals surface area contributed by atoms with Crippen molar-refractivity contribution >= 4 is 11.6 Å². The van der Waals surface area contributed by atoms with Crippen molar-refractivity contribution in [1.82, 2.24) is 5.32 Å². The number of rotatable bonds is 2. The second-order valence-corrected chi connectivity index (χ2v) is 7.06. The molecule has 2 aliphatic heterocycles. The third-order valence-electron chi connectivity index (χ3n) is 5.55. The number of fused-ring (bicyclic) bond motifs is 4. The lowest BCUT2D eigenvalue weighted by Gasteiger charge is -2.47. The van der Waals surface area contributed by atoms with Gasteiger partial charge in [-0.2, -0.15) is 0 Å². The molecule has 2 heterocycles. The van der Waals surface area contributed by atoms with Gasteiger partial charge in [0.25, 0.3) is 5.91 Å². The summed E-state index contributed by atoms with van der Waals surface area (Å²) < 4.78 is 0. The summed E-state index contributed by atoms with van der Waals surface area (Å²) in [6.45, 7) is 0.823. The van der Waals surface area contributed by atoms with Crippen molar-refractivity contribution in [2.45, 2.75) is 25.0 Å². The summed E-state index contributed by atoms with van der Waals surface area (Å²) in [4.78, 5) is 15.1. The van der Waals surface area contributed by atoms with Crippen LogP contribution in [0.5, 0.6) is 0 Å². The quantitative estimate of drug-likeness (QED) is 0.762. The highest BCUT2D eigenvalue weighted by molar-refractivity contribution is 6.02. The molecule has 0 aromatic heterocycles. The molecule has 5 rings (SSSR count). The number of hydrogen-bond acceptors (Lipinski definition) is 2. The summed E-state index contributed by atoms with van der Waals surface area (Å²) in [5, 5.41) is 3.27. The minimum atomic E-state index is -0.0208. The summed E-state index contributed by atoms with van der Waals surface area (Å²) in [5.41, 5.74) is 5.78. The van der Waals surface area contributed by atoms with E-state index in [0.29, 0.717) is 0 Å². The van der Waals surface area contributed by atoms with Crippen molar-refractivity contribution < 1.29 is 4.79 Å². The Bertz CT molecular complexity index is 967. The average molecular weight is 340 g/mol. The maximum Gasteiger partial charge on any atom is 0.254 e.